The van der Waals surface area contributed by atoms with E-state index in [2.05, 4.69) is 10.1 Å². The number of anilines is 2. The molecule has 24 heavy (non-hydrogen) atoms. The number of rotatable bonds is 6. The van der Waals surface area contributed by atoms with Crippen LogP contribution in [-0.2, 0) is 0 Å². The van der Waals surface area contributed by atoms with Crippen LogP contribution in [0.3, 0.4) is 0 Å². The molecule has 2 aromatic rings. The van der Waals surface area contributed by atoms with Crippen LogP contribution in [0.25, 0.3) is 0 Å². The maximum absolute atomic E-state index is 13.2. The summed E-state index contributed by atoms with van der Waals surface area (Å²) in [5, 5.41) is 2.86. The van der Waals surface area contributed by atoms with E-state index in [1.54, 1.807) is 24.1 Å². The van der Waals surface area contributed by atoms with Crippen LogP contribution >= 0.6 is 0 Å². The predicted molar refractivity (Wildman–Crippen MR) is 81.2 cm³/mol. The zero-order valence-electron chi connectivity index (χ0n) is 12.7. The first-order valence-corrected chi connectivity index (χ1v) is 6.94. The molecule has 0 aliphatic heterocycles. The second-order valence-electron chi connectivity index (χ2n) is 5.05. The summed E-state index contributed by atoms with van der Waals surface area (Å²) in [6, 6.07) is 8.99. The van der Waals surface area contributed by atoms with Crippen LogP contribution in [0.5, 0.6) is 5.75 Å². The highest BCUT2D eigenvalue weighted by molar-refractivity contribution is 5.57. The van der Waals surface area contributed by atoms with Crippen LogP contribution in [0.4, 0.5) is 33.3 Å². The normalized spacial score (nSPS) is 11.2. The lowest BCUT2D eigenvalue weighted by Crippen LogP contribution is -2.25. The largest absolute Gasteiger partial charge is 0.482 e. The lowest BCUT2D eigenvalue weighted by atomic mass is 10.2. The van der Waals surface area contributed by atoms with Gasteiger partial charge in [0.05, 0.1) is 12.4 Å². The molecule has 130 valence electrons. The standard InChI is InChI=1S/C16H15F5N2O/c1-23(13-5-2-11(17)3-6-13)10-22-14-7-4-12(18)8-15(14)24-9-16(19,20)21/h2-8,22H,9-10H2,1H3. The minimum Gasteiger partial charge on any atom is -0.482 e. The first-order valence-electron chi connectivity index (χ1n) is 6.94. The fourth-order valence-corrected chi connectivity index (χ4v) is 1.91. The Balaban J connectivity index is 2.04. The predicted octanol–water partition coefficient (Wildman–Crippen LogP) is 4.41. The summed E-state index contributed by atoms with van der Waals surface area (Å²) in [7, 11) is 1.71. The Hall–Kier alpha value is -2.51. The van der Waals surface area contributed by atoms with E-state index in [-0.39, 0.29) is 23.9 Å². The van der Waals surface area contributed by atoms with Gasteiger partial charge in [0.1, 0.15) is 17.4 Å². The fourth-order valence-electron chi connectivity index (χ4n) is 1.91. The fraction of sp³-hybridized carbons (Fsp3) is 0.250. The van der Waals surface area contributed by atoms with Gasteiger partial charge in [-0.1, -0.05) is 0 Å². The summed E-state index contributed by atoms with van der Waals surface area (Å²) in [6.07, 6.45) is -4.52. The molecule has 0 radical (unpaired) electrons. The number of ether oxygens (including phenoxy) is 1. The van der Waals surface area contributed by atoms with Gasteiger partial charge in [-0.2, -0.15) is 13.2 Å². The van der Waals surface area contributed by atoms with E-state index in [1.807, 2.05) is 0 Å². The highest BCUT2D eigenvalue weighted by Gasteiger charge is 2.29. The Morgan fingerprint density at radius 2 is 1.62 bits per heavy atom. The Kier molecular flexibility index (Phi) is 5.48. The van der Waals surface area contributed by atoms with Crippen molar-refractivity contribution in [1.29, 1.82) is 0 Å². The Bertz CT molecular complexity index is 673. The van der Waals surface area contributed by atoms with E-state index in [4.69, 9.17) is 0 Å². The van der Waals surface area contributed by atoms with E-state index in [0.717, 1.165) is 12.1 Å². The summed E-state index contributed by atoms with van der Waals surface area (Å²) in [5.74, 6) is -1.31. The zero-order chi connectivity index (χ0) is 17.7. The van der Waals surface area contributed by atoms with Gasteiger partial charge in [0.15, 0.2) is 6.61 Å². The van der Waals surface area contributed by atoms with Crippen LogP contribution in [0.2, 0.25) is 0 Å². The highest BCUT2D eigenvalue weighted by Crippen LogP contribution is 2.28. The molecule has 0 atom stereocenters. The summed E-state index contributed by atoms with van der Waals surface area (Å²) in [4.78, 5) is 1.70. The quantitative estimate of drug-likeness (QED) is 0.619. The van der Waals surface area contributed by atoms with Gasteiger partial charge in [0.2, 0.25) is 0 Å². The Morgan fingerprint density at radius 3 is 2.25 bits per heavy atom. The third kappa shape index (κ3) is 5.29. The van der Waals surface area contributed by atoms with Gasteiger partial charge in [-0.25, -0.2) is 8.78 Å². The lowest BCUT2D eigenvalue weighted by molar-refractivity contribution is -0.153. The molecular weight excluding hydrogens is 331 g/mol. The molecule has 0 saturated heterocycles. The van der Waals surface area contributed by atoms with E-state index in [0.29, 0.717) is 5.69 Å². The van der Waals surface area contributed by atoms with Crippen molar-refractivity contribution in [2.24, 2.45) is 0 Å². The minimum atomic E-state index is -4.52. The maximum atomic E-state index is 13.2. The Labute approximate surface area is 135 Å². The van der Waals surface area contributed by atoms with Crippen LogP contribution in [0, 0.1) is 11.6 Å². The number of hydrogen-bond donors (Lipinski definition) is 1. The number of alkyl halides is 3. The molecule has 2 aromatic carbocycles. The molecule has 0 bridgehead atoms. The molecule has 8 heteroatoms. The van der Waals surface area contributed by atoms with E-state index < -0.39 is 18.6 Å². The van der Waals surface area contributed by atoms with Gasteiger partial charge in [-0.15, -0.1) is 0 Å². The van der Waals surface area contributed by atoms with Gasteiger partial charge in [0.25, 0.3) is 0 Å². The van der Waals surface area contributed by atoms with Crippen LogP contribution in [0.1, 0.15) is 0 Å². The first kappa shape index (κ1) is 17.8. The molecule has 0 spiro atoms. The third-order valence-corrected chi connectivity index (χ3v) is 3.11. The molecule has 0 aliphatic carbocycles. The topological polar surface area (TPSA) is 24.5 Å². The smallest absolute Gasteiger partial charge is 0.422 e. The molecule has 0 fully saturated rings. The van der Waals surface area contributed by atoms with Crippen molar-refractivity contribution < 1.29 is 26.7 Å². The average molecular weight is 346 g/mol. The minimum absolute atomic E-state index is 0.194. The number of hydrogen-bond acceptors (Lipinski definition) is 3. The van der Waals surface area contributed by atoms with Crippen LogP contribution in [0.15, 0.2) is 42.5 Å². The van der Waals surface area contributed by atoms with Gasteiger partial charge in [-0.3, -0.25) is 0 Å². The van der Waals surface area contributed by atoms with Crippen molar-refractivity contribution in [1.82, 2.24) is 0 Å². The lowest BCUT2D eigenvalue weighted by Gasteiger charge is -2.22. The molecule has 0 heterocycles. The molecule has 0 amide bonds. The van der Waals surface area contributed by atoms with Crippen molar-refractivity contribution in [3.05, 3.63) is 54.1 Å². The third-order valence-electron chi connectivity index (χ3n) is 3.11. The van der Waals surface area contributed by atoms with Crippen molar-refractivity contribution >= 4 is 11.4 Å². The molecule has 3 nitrogen and oxygen atoms in total. The second kappa shape index (κ2) is 7.37. The number of benzene rings is 2. The molecule has 0 saturated carbocycles. The summed E-state index contributed by atoms with van der Waals surface area (Å²) in [5.41, 5.74) is 0.915. The monoisotopic (exact) mass is 346 g/mol. The van der Waals surface area contributed by atoms with Crippen LogP contribution in [-0.4, -0.2) is 26.5 Å². The maximum Gasteiger partial charge on any atom is 0.422 e. The van der Waals surface area contributed by atoms with Crippen molar-refractivity contribution in [2.45, 2.75) is 6.18 Å². The molecule has 0 aliphatic rings. The van der Waals surface area contributed by atoms with E-state index in [1.165, 1.54) is 18.2 Å². The summed E-state index contributed by atoms with van der Waals surface area (Å²) >= 11 is 0. The van der Waals surface area contributed by atoms with Crippen molar-refractivity contribution in [3.63, 3.8) is 0 Å². The van der Waals surface area contributed by atoms with Gasteiger partial charge in [0, 0.05) is 18.8 Å². The SMILES string of the molecule is CN(CNc1ccc(F)cc1OCC(F)(F)F)c1ccc(F)cc1. The molecular formula is C16H15F5N2O. The van der Waals surface area contributed by atoms with Gasteiger partial charge < -0.3 is 15.0 Å². The van der Waals surface area contributed by atoms with Gasteiger partial charge >= 0.3 is 6.18 Å². The molecule has 1 N–H and O–H groups in total. The number of nitrogens with zero attached hydrogens (tertiary/aromatic N) is 1. The summed E-state index contributed by atoms with van der Waals surface area (Å²) in [6.45, 7) is -1.32. The van der Waals surface area contributed by atoms with E-state index >= 15 is 0 Å². The average Bonchev–Trinajstić information content (AvgIpc) is 2.51. The number of nitrogens with one attached hydrogen (secondary N) is 1. The molecule has 0 unspecified atom stereocenters. The number of halogens is 5. The first-order chi connectivity index (χ1) is 11.2. The van der Waals surface area contributed by atoms with Gasteiger partial charge in [-0.05, 0) is 36.4 Å². The van der Waals surface area contributed by atoms with Crippen molar-refractivity contribution in [2.75, 3.05) is 30.5 Å². The van der Waals surface area contributed by atoms with Crippen LogP contribution < -0.4 is 15.0 Å². The molecule has 0 aromatic heterocycles. The Morgan fingerprint density at radius 1 is 1.00 bits per heavy atom. The molecule has 2 rings (SSSR count). The zero-order valence-corrected chi connectivity index (χ0v) is 12.7. The highest BCUT2D eigenvalue weighted by atomic mass is 19.4. The van der Waals surface area contributed by atoms with E-state index in [9.17, 15) is 22.0 Å². The second-order valence-corrected chi connectivity index (χ2v) is 5.05. The van der Waals surface area contributed by atoms with Crippen molar-refractivity contribution in [3.8, 4) is 5.75 Å². The summed E-state index contributed by atoms with van der Waals surface area (Å²) < 4.78 is 67.6.